The first-order valence-electron chi connectivity index (χ1n) is 27.5. The van der Waals surface area contributed by atoms with Crippen LogP contribution in [0.5, 0.6) is 0 Å². The third-order valence-electron chi connectivity index (χ3n) is 12.9. The normalized spacial score (nSPS) is 13.1. The largest absolute Gasteiger partial charge is 0.466 e. The minimum Gasteiger partial charge on any atom is -0.466 e. The van der Waals surface area contributed by atoms with Crippen LogP contribution in [0.1, 0.15) is 286 Å². The van der Waals surface area contributed by atoms with Crippen molar-refractivity contribution in [2.24, 2.45) is 23.7 Å². The van der Waals surface area contributed by atoms with Gasteiger partial charge in [-0.25, -0.2) is 4.79 Å². The van der Waals surface area contributed by atoms with Gasteiger partial charge in [-0.3, -0.25) is 14.4 Å². The highest BCUT2D eigenvalue weighted by molar-refractivity contribution is 6.05. The lowest BCUT2D eigenvalue weighted by Crippen LogP contribution is -2.55. The van der Waals surface area contributed by atoms with Crippen LogP contribution >= 0.6 is 0 Å². The Morgan fingerprint density at radius 2 is 0.625 bits per heavy atom. The lowest BCUT2D eigenvalue weighted by Gasteiger charge is -2.30. The molecule has 0 aromatic rings. The Morgan fingerprint density at radius 3 is 0.906 bits per heavy atom. The molecule has 378 valence electrons. The third-order valence-corrected chi connectivity index (χ3v) is 12.9. The highest BCUT2D eigenvalue weighted by atomic mass is 16.6. The maximum Gasteiger partial charge on any atom is 0.340 e. The molecule has 0 fully saturated rings. The molecule has 8 nitrogen and oxygen atoms in total. The number of ketones is 1. The minimum atomic E-state index is -2.71. The van der Waals surface area contributed by atoms with Crippen molar-refractivity contribution in [3.63, 3.8) is 0 Å². The van der Waals surface area contributed by atoms with E-state index < -0.39 is 41.6 Å². The number of Topliss-reactive ketones (excluding diaryl/α,β-unsaturated/α-hetero) is 1. The summed E-state index contributed by atoms with van der Waals surface area (Å²) in [5.74, 6) is -3.24. The second-order valence-corrected chi connectivity index (χ2v) is 20.9. The first-order valence-corrected chi connectivity index (χ1v) is 27.5. The van der Waals surface area contributed by atoms with Gasteiger partial charge in [0.05, 0.1) is 26.2 Å². The van der Waals surface area contributed by atoms with Gasteiger partial charge in [0.1, 0.15) is 5.78 Å². The Hall–Kier alpha value is -1.96. The number of ether oxygens (including phenoxy) is 3. The van der Waals surface area contributed by atoms with Crippen LogP contribution in [0, 0.1) is 23.7 Å². The zero-order valence-electron chi connectivity index (χ0n) is 43.4. The van der Waals surface area contributed by atoms with Crippen LogP contribution in [0.4, 0.5) is 0 Å². The molecule has 0 radical (unpaired) electrons. The van der Waals surface area contributed by atoms with Crippen molar-refractivity contribution in [3.05, 3.63) is 0 Å². The summed E-state index contributed by atoms with van der Waals surface area (Å²) in [5, 5.41) is 11.8. The number of esters is 3. The van der Waals surface area contributed by atoms with E-state index in [0.29, 0.717) is 19.3 Å². The quantitative estimate of drug-likeness (QED) is 0.0278. The summed E-state index contributed by atoms with van der Waals surface area (Å²) in [7, 11) is 0. The summed E-state index contributed by atoms with van der Waals surface area (Å²) in [6, 6.07) is 0. The van der Waals surface area contributed by atoms with Crippen LogP contribution in [-0.2, 0) is 33.4 Å². The fourth-order valence-electron chi connectivity index (χ4n) is 8.73. The number of hydrogen-bond donors (Lipinski definition) is 1. The van der Waals surface area contributed by atoms with E-state index in [1.807, 2.05) is 0 Å². The molecule has 64 heavy (non-hydrogen) atoms. The van der Waals surface area contributed by atoms with Crippen molar-refractivity contribution < 1.29 is 38.5 Å². The first-order chi connectivity index (χ1) is 30.8. The summed E-state index contributed by atoms with van der Waals surface area (Å²) in [6.45, 7) is 15.1. The molecule has 8 heteroatoms. The lowest BCUT2D eigenvalue weighted by atomic mass is 9.81. The van der Waals surface area contributed by atoms with Gasteiger partial charge in [-0.1, -0.05) is 253 Å². The van der Waals surface area contributed by atoms with E-state index in [9.17, 15) is 24.3 Å². The lowest BCUT2D eigenvalue weighted by molar-refractivity contribution is -0.187. The zero-order chi connectivity index (χ0) is 47.5. The summed E-state index contributed by atoms with van der Waals surface area (Å²) >= 11 is 0. The van der Waals surface area contributed by atoms with E-state index in [0.717, 1.165) is 82.5 Å². The molecule has 0 bridgehead atoms. The highest BCUT2D eigenvalue weighted by Gasteiger charge is 2.54. The van der Waals surface area contributed by atoms with Gasteiger partial charge in [-0.15, -0.1) is 0 Å². The SMILES string of the molecule is CC(=O)C(C(=O)OCCCCCCCCCCCCCC(C)C)C(O)(CC(=O)OCCCCCCCCCCCCCC(C)C)C(=O)OCCCCCCCCCCCCCC(C)C. The van der Waals surface area contributed by atoms with E-state index in [2.05, 4.69) is 41.5 Å². The smallest absolute Gasteiger partial charge is 0.340 e. The van der Waals surface area contributed by atoms with Crippen LogP contribution in [0.3, 0.4) is 0 Å². The molecule has 1 N–H and O–H groups in total. The predicted molar refractivity (Wildman–Crippen MR) is 267 cm³/mol. The van der Waals surface area contributed by atoms with Crippen molar-refractivity contribution in [2.75, 3.05) is 19.8 Å². The van der Waals surface area contributed by atoms with Gasteiger partial charge in [-0.05, 0) is 43.9 Å². The van der Waals surface area contributed by atoms with Crippen molar-refractivity contribution in [1.82, 2.24) is 0 Å². The Morgan fingerprint density at radius 1 is 0.375 bits per heavy atom. The Labute approximate surface area is 396 Å². The third kappa shape index (κ3) is 38.2. The number of aliphatic hydroxyl groups is 1. The van der Waals surface area contributed by atoms with Crippen molar-refractivity contribution in [2.45, 2.75) is 292 Å². The van der Waals surface area contributed by atoms with Gasteiger partial charge >= 0.3 is 17.9 Å². The van der Waals surface area contributed by atoms with Crippen LogP contribution in [0.25, 0.3) is 0 Å². The molecule has 0 saturated carbocycles. The molecule has 0 heterocycles. The number of carbonyl (C=O) groups is 4. The predicted octanol–water partition coefficient (Wildman–Crippen LogP) is 16.0. The number of hydrogen-bond acceptors (Lipinski definition) is 8. The topological polar surface area (TPSA) is 116 Å². The van der Waals surface area contributed by atoms with Crippen LogP contribution < -0.4 is 0 Å². The summed E-state index contributed by atoms with van der Waals surface area (Å²) < 4.78 is 16.4. The molecule has 0 aliphatic heterocycles. The molecular weight excluding hydrogens is 801 g/mol. The Kier molecular flexibility index (Phi) is 42.3. The highest BCUT2D eigenvalue weighted by Crippen LogP contribution is 2.28. The van der Waals surface area contributed by atoms with E-state index in [1.54, 1.807) is 0 Å². The zero-order valence-corrected chi connectivity index (χ0v) is 43.4. The second-order valence-electron chi connectivity index (χ2n) is 20.9. The molecule has 0 amide bonds. The maximum absolute atomic E-state index is 13.6. The maximum atomic E-state index is 13.6. The average Bonchev–Trinajstić information content (AvgIpc) is 3.23. The monoisotopic (exact) mass is 907 g/mol. The Bertz CT molecular complexity index is 1100. The van der Waals surface area contributed by atoms with E-state index in [4.69, 9.17) is 14.2 Å². The van der Waals surface area contributed by atoms with Crippen LogP contribution in [0.2, 0.25) is 0 Å². The van der Waals surface area contributed by atoms with Crippen molar-refractivity contribution >= 4 is 23.7 Å². The van der Waals surface area contributed by atoms with Crippen molar-refractivity contribution in [3.8, 4) is 0 Å². The van der Waals surface area contributed by atoms with E-state index in [-0.39, 0.29) is 19.8 Å². The fourth-order valence-corrected chi connectivity index (χ4v) is 8.73. The minimum absolute atomic E-state index is 0.0306. The standard InChI is InChI=1S/C56H106O8/c1-48(2)41-35-29-23-17-11-8-14-20-26-32-38-44-62-52(58)47-56(61,55(60)64-46-40-34-28-22-16-10-13-19-25-31-37-43-50(5)6)53(51(7)57)54(59)63-45-39-33-27-21-15-9-12-18-24-30-36-42-49(3)4/h48-50,53,61H,8-47H2,1-7H3. The fraction of sp³-hybridized carbons (Fsp3) is 0.929. The molecule has 0 aromatic heterocycles. The number of carbonyl (C=O) groups excluding carboxylic acids is 4. The molecule has 0 saturated heterocycles. The van der Waals surface area contributed by atoms with Gasteiger partial charge in [0.15, 0.2) is 11.5 Å². The average molecular weight is 907 g/mol. The summed E-state index contributed by atoms with van der Waals surface area (Å²) in [6.07, 6.45) is 41.2. The molecule has 2 atom stereocenters. The van der Waals surface area contributed by atoms with E-state index in [1.165, 1.54) is 154 Å². The molecule has 0 aliphatic rings. The molecule has 0 aliphatic carbocycles. The van der Waals surface area contributed by atoms with Gasteiger partial charge in [-0.2, -0.15) is 0 Å². The first kappa shape index (κ1) is 62.0. The van der Waals surface area contributed by atoms with Crippen molar-refractivity contribution in [1.29, 1.82) is 0 Å². The van der Waals surface area contributed by atoms with E-state index >= 15 is 0 Å². The van der Waals surface area contributed by atoms with Gasteiger partial charge in [0, 0.05) is 0 Å². The van der Waals surface area contributed by atoms with Gasteiger partial charge in [0.25, 0.3) is 0 Å². The van der Waals surface area contributed by atoms with Gasteiger partial charge < -0.3 is 19.3 Å². The molecule has 0 aromatic carbocycles. The second kappa shape index (κ2) is 43.6. The molecule has 0 rings (SSSR count). The van der Waals surface area contributed by atoms with Crippen LogP contribution in [-0.4, -0.2) is 54.2 Å². The molecule has 2 unspecified atom stereocenters. The number of rotatable bonds is 48. The van der Waals surface area contributed by atoms with Gasteiger partial charge in [0.2, 0.25) is 0 Å². The summed E-state index contributed by atoms with van der Waals surface area (Å²) in [5.41, 5.74) is -2.71. The molecule has 0 spiro atoms. The van der Waals surface area contributed by atoms with Crippen LogP contribution in [0.15, 0.2) is 0 Å². The number of unbranched alkanes of at least 4 members (excludes halogenated alkanes) is 30. The Balaban J connectivity index is 4.85. The summed E-state index contributed by atoms with van der Waals surface area (Å²) in [4.78, 5) is 53.1. The molecular formula is C56H106O8.